The topological polar surface area (TPSA) is 43.4 Å². The molecule has 0 aliphatic carbocycles. The van der Waals surface area contributed by atoms with Gasteiger partial charge in [0.1, 0.15) is 6.61 Å². The maximum Gasteiger partial charge on any atom is 0.417 e. The van der Waals surface area contributed by atoms with Crippen molar-refractivity contribution in [3.63, 3.8) is 0 Å². The summed E-state index contributed by atoms with van der Waals surface area (Å²) in [5.41, 5.74) is -0.0574. The maximum atomic E-state index is 13.5. The van der Waals surface area contributed by atoms with Gasteiger partial charge in [0.15, 0.2) is 5.75 Å². The van der Waals surface area contributed by atoms with Gasteiger partial charge in [-0.05, 0) is 32.9 Å². The quantitative estimate of drug-likeness (QED) is 0.897. The van der Waals surface area contributed by atoms with Crippen molar-refractivity contribution >= 4 is 16.6 Å². The number of hydrogen-bond acceptors (Lipinski definition) is 4. The molecule has 1 aliphatic heterocycles. The Hall–Kier alpha value is -2.18. The van der Waals surface area contributed by atoms with E-state index in [0.29, 0.717) is 12.3 Å². The number of rotatable bonds is 2. The van der Waals surface area contributed by atoms with Crippen molar-refractivity contribution in [3.05, 3.63) is 23.8 Å². The van der Waals surface area contributed by atoms with Gasteiger partial charge < -0.3 is 14.8 Å². The molecule has 0 amide bonds. The fraction of sp³-hybridized carbons (Fsp3) is 0.438. The Morgan fingerprint density at radius 1 is 1.35 bits per heavy atom. The second-order valence-corrected chi connectivity index (χ2v) is 5.87. The number of hydrogen-bond donors (Lipinski definition) is 1. The van der Waals surface area contributed by atoms with E-state index < -0.39 is 11.7 Å². The largest absolute Gasteiger partial charge is 0.489 e. The lowest BCUT2D eigenvalue weighted by atomic mass is 10.0. The smallest absolute Gasteiger partial charge is 0.417 e. The molecule has 0 spiro atoms. The standard InChI is InChI=1S/C16H17F3N2O2/c1-8(2)23-13-6-10(16(17,18)19)14-11(21-13)4-5-12-15(14)22-7-9(3)20-12/h4-6,8-9,20H,7H2,1-3H3. The van der Waals surface area contributed by atoms with E-state index in [1.165, 1.54) is 0 Å². The van der Waals surface area contributed by atoms with E-state index in [1.54, 1.807) is 26.0 Å². The van der Waals surface area contributed by atoms with Crippen LogP contribution >= 0.6 is 0 Å². The Morgan fingerprint density at radius 2 is 2.09 bits per heavy atom. The van der Waals surface area contributed by atoms with Gasteiger partial charge in [-0.25, -0.2) is 4.98 Å². The molecule has 1 N–H and O–H groups in total. The molecule has 0 saturated heterocycles. The van der Waals surface area contributed by atoms with Crippen LogP contribution in [0.1, 0.15) is 26.3 Å². The van der Waals surface area contributed by atoms with Gasteiger partial charge in [-0.15, -0.1) is 0 Å². The third-order valence-corrected chi connectivity index (χ3v) is 3.44. The minimum absolute atomic E-state index is 0.0331. The summed E-state index contributed by atoms with van der Waals surface area (Å²) in [6, 6.07) is 4.19. The third kappa shape index (κ3) is 3.00. The van der Waals surface area contributed by atoms with Crippen LogP contribution in [0.15, 0.2) is 18.2 Å². The van der Waals surface area contributed by atoms with E-state index in [9.17, 15) is 13.2 Å². The number of ether oxygens (including phenoxy) is 2. The molecule has 2 aromatic rings. The Labute approximate surface area is 131 Å². The summed E-state index contributed by atoms with van der Waals surface area (Å²) < 4.78 is 51.5. The number of alkyl halides is 3. The van der Waals surface area contributed by atoms with Gasteiger partial charge in [-0.3, -0.25) is 0 Å². The van der Waals surface area contributed by atoms with Crippen LogP contribution in [0.5, 0.6) is 11.6 Å². The zero-order chi connectivity index (χ0) is 16.8. The second-order valence-electron chi connectivity index (χ2n) is 5.87. The van der Waals surface area contributed by atoms with Gasteiger partial charge in [0.2, 0.25) is 5.88 Å². The molecule has 7 heteroatoms. The summed E-state index contributed by atoms with van der Waals surface area (Å²) in [6.45, 7) is 5.67. The second kappa shape index (κ2) is 5.47. The minimum atomic E-state index is -4.53. The molecule has 1 aromatic heterocycles. The van der Waals surface area contributed by atoms with Crippen LogP contribution in [0.25, 0.3) is 10.9 Å². The number of fused-ring (bicyclic) bond motifs is 3. The molecule has 1 unspecified atom stereocenters. The normalized spacial score (nSPS) is 17.6. The average Bonchev–Trinajstić information content (AvgIpc) is 2.44. The van der Waals surface area contributed by atoms with E-state index in [-0.39, 0.29) is 34.7 Å². The van der Waals surface area contributed by atoms with Crippen molar-refractivity contribution in [1.29, 1.82) is 0 Å². The lowest BCUT2D eigenvalue weighted by Crippen LogP contribution is -2.28. The van der Waals surface area contributed by atoms with E-state index in [4.69, 9.17) is 9.47 Å². The van der Waals surface area contributed by atoms with Gasteiger partial charge in [0, 0.05) is 6.07 Å². The summed E-state index contributed by atoms with van der Waals surface area (Å²) in [6.07, 6.45) is -4.80. The molecule has 1 aliphatic rings. The summed E-state index contributed by atoms with van der Waals surface area (Å²) in [5.74, 6) is 0.147. The lowest BCUT2D eigenvalue weighted by Gasteiger charge is -2.27. The van der Waals surface area contributed by atoms with Crippen molar-refractivity contribution < 1.29 is 22.6 Å². The maximum absolute atomic E-state index is 13.5. The first-order chi connectivity index (χ1) is 10.8. The van der Waals surface area contributed by atoms with Crippen LogP contribution in [0.2, 0.25) is 0 Å². The highest BCUT2D eigenvalue weighted by atomic mass is 19.4. The summed E-state index contributed by atoms with van der Waals surface area (Å²) in [4.78, 5) is 4.19. The Kier molecular flexibility index (Phi) is 3.74. The number of benzene rings is 1. The number of nitrogens with zero attached hydrogens (tertiary/aromatic N) is 1. The molecule has 3 rings (SSSR count). The van der Waals surface area contributed by atoms with Crippen LogP contribution < -0.4 is 14.8 Å². The lowest BCUT2D eigenvalue weighted by molar-refractivity contribution is -0.136. The van der Waals surface area contributed by atoms with E-state index in [1.807, 2.05) is 6.92 Å². The molecule has 2 heterocycles. The fourth-order valence-electron chi connectivity index (χ4n) is 2.58. The van der Waals surface area contributed by atoms with Crippen LogP contribution in [0.3, 0.4) is 0 Å². The van der Waals surface area contributed by atoms with Crippen molar-refractivity contribution in [2.75, 3.05) is 11.9 Å². The average molecular weight is 326 g/mol. The van der Waals surface area contributed by atoms with Crippen molar-refractivity contribution in [1.82, 2.24) is 4.98 Å². The van der Waals surface area contributed by atoms with Crippen LogP contribution in [0, 0.1) is 0 Å². The minimum Gasteiger partial charge on any atom is -0.489 e. The highest BCUT2D eigenvalue weighted by Gasteiger charge is 2.36. The van der Waals surface area contributed by atoms with Crippen molar-refractivity contribution in [3.8, 4) is 11.6 Å². The first-order valence-corrected chi connectivity index (χ1v) is 7.36. The SMILES string of the molecule is CC1COc2c(ccc3nc(OC(C)C)cc(C(F)(F)F)c23)N1. The molecule has 1 aromatic carbocycles. The monoisotopic (exact) mass is 326 g/mol. The number of aromatic nitrogens is 1. The molecule has 1 atom stereocenters. The molecule has 23 heavy (non-hydrogen) atoms. The van der Waals surface area contributed by atoms with E-state index >= 15 is 0 Å². The molecule has 0 saturated carbocycles. The first kappa shape index (κ1) is 15.7. The highest BCUT2D eigenvalue weighted by molar-refractivity contribution is 5.95. The Balaban J connectivity index is 2.26. The highest BCUT2D eigenvalue weighted by Crippen LogP contribution is 2.44. The third-order valence-electron chi connectivity index (χ3n) is 3.44. The predicted molar refractivity (Wildman–Crippen MR) is 81.1 cm³/mol. The molecular formula is C16H17F3N2O2. The summed E-state index contributed by atoms with van der Waals surface area (Å²) in [5, 5.41) is 3.09. The van der Waals surface area contributed by atoms with Crippen molar-refractivity contribution in [2.45, 2.75) is 39.1 Å². The molecule has 4 nitrogen and oxygen atoms in total. The molecule has 0 bridgehead atoms. The van der Waals surface area contributed by atoms with Crippen LogP contribution in [-0.2, 0) is 6.18 Å². The fourth-order valence-corrected chi connectivity index (χ4v) is 2.58. The van der Waals surface area contributed by atoms with Gasteiger partial charge in [0.05, 0.1) is 34.3 Å². The van der Waals surface area contributed by atoms with E-state index in [2.05, 4.69) is 10.3 Å². The molecule has 0 fully saturated rings. The number of anilines is 1. The summed E-state index contributed by atoms with van der Waals surface area (Å²) in [7, 11) is 0. The number of pyridine rings is 1. The van der Waals surface area contributed by atoms with E-state index in [0.717, 1.165) is 6.07 Å². The zero-order valence-corrected chi connectivity index (χ0v) is 13.0. The van der Waals surface area contributed by atoms with Crippen LogP contribution in [-0.4, -0.2) is 23.7 Å². The Bertz CT molecular complexity index is 744. The van der Waals surface area contributed by atoms with Gasteiger partial charge >= 0.3 is 6.18 Å². The first-order valence-electron chi connectivity index (χ1n) is 7.36. The summed E-state index contributed by atoms with van der Waals surface area (Å²) >= 11 is 0. The zero-order valence-electron chi connectivity index (χ0n) is 13.0. The van der Waals surface area contributed by atoms with Gasteiger partial charge in [0.25, 0.3) is 0 Å². The molecular weight excluding hydrogens is 309 g/mol. The molecule has 124 valence electrons. The predicted octanol–water partition coefficient (Wildman–Crippen LogP) is 4.23. The van der Waals surface area contributed by atoms with Crippen molar-refractivity contribution in [2.24, 2.45) is 0 Å². The number of nitrogens with one attached hydrogen (secondary N) is 1. The van der Waals surface area contributed by atoms with Crippen LogP contribution in [0.4, 0.5) is 18.9 Å². The number of halogens is 3. The Morgan fingerprint density at radius 3 is 2.74 bits per heavy atom. The molecule has 0 radical (unpaired) electrons. The van der Waals surface area contributed by atoms with Gasteiger partial charge in [-0.1, -0.05) is 0 Å². The van der Waals surface area contributed by atoms with Gasteiger partial charge in [-0.2, -0.15) is 13.2 Å².